The van der Waals surface area contributed by atoms with Gasteiger partial charge >= 0.3 is 6.18 Å². The molecule has 1 heterocycles. The molecule has 0 saturated heterocycles. The van der Waals surface area contributed by atoms with Crippen LogP contribution in [-0.2, 0) is 0 Å². The minimum Gasteiger partial charge on any atom is -0.341 e. The monoisotopic (exact) mass is 348 g/mol. The molecule has 0 atom stereocenters. The number of hydrogen-bond donors (Lipinski definition) is 1. The molecule has 0 aliphatic heterocycles. The summed E-state index contributed by atoms with van der Waals surface area (Å²) >= 11 is 3.27. The Morgan fingerprint density at radius 2 is 1.95 bits per heavy atom. The molecule has 1 aromatic heterocycles. The highest BCUT2D eigenvalue weighted by Gasteiger charge is 2.28. The van der Waals surface area contributed by atoms with Crippen molar-refractivity contribution >= 4 is 21.8 Å². The average molecular weight is 349 g/mol. The number of halogens is 4. The van der Waals surface area contributed by atoms with E-state index in [1.54, 1.807) is 29.6 Å². The van der Waals surface area contributed by atoms with Crippen LogP contribution in [0.2, 0.25) is 0 Å². The van der Waals surface area contributed by atoms with Crippen molar-refractivity contribution in [2.24, 2.45) is 0 Å². The summed E-state index contributed by atoms with van der Waals surface area (Å²) in [5, 5.41) is 8.95. The number of aromatic nitrogens is 3. The lowest BCUT2D eigenvalue weighted by Crippen LogP contribution is -2.33. The van der Waals surface area contributed by atoms with Crippen LogP contribution in [0.1, 0.15) is 10.5 Å². The van der Waals surface area contributed by atoms with Crippen LogP contribution < -0.4 is 5.32 Å². The zero-order valence-electron chi connectivity index (χ0n) is 9.86. The van der Waals surface area contributed by atoms with Gasteiger partial charge in [0.1, 0.15) is 6.54 Å². The molecule has 1 N–H and O–H groups in total. The first-order chi connectivity index (χ1) is 9.35. The SMILES string of the molecule is O=C(NCC(F)(F)F)c1cn(-c2ccc(Br)cc2)nn1. The topological polar surface area (TPSA) is 59.8 Å². The van der Waals surface area contributed by atoms with Crippen LogP contribution in [0.3, 0.4) is 0 Å². The van der Waals surface area contributed by atoms with Gasteiger partial charge in [-0.3, -0.25) is 4.79 Å². The lowest BCUT2D eigenvalue weighted by Gasteiger charge is -2.06. The van der Waals surface area contributed by atoms with Gasteiger partial charge in [-0.25, -0.2) is 4.68 Å². The summed E-state index contributed by atoms with van der Waals surface area (Å²) in [5.41, 5.74) is 0.452. The second kappa shape index (κ2) is 5.61. The molecule has 0 bridgehead atoms. The third kappa shape index (κ3) is 3.80. The van der Waals surface area contributed by atoms with Gasteiger partial charge in [0.2, 0.25) is 0 Å². The summed E-state index contributed by atoms with van der Waals surface area (Å²) in [4.78, 5) is 11.5. The highest BCUT2D eigenvalue weighted by atomic mass is 79.9. The van der Waals surface area contributed by atoms with Gasteiger partial charge in [-0.05, 0) is 24.3 Å². The second-order valence-electron chi connectivity index (χ2n) is 3.82. The average Bonchev–Trinajstić information content (AvgIpc) is 2.85. The normalized spacial score (nSPS) is 11.4. The van der Waals surface area contributed by atoms with E-state index in [2.05, 4.69) is 26.2 Å². The van der Waals surface area contributed by atoms with Gasteiger partial charge in [-0.1, -0.05) is 21.1 Å². The van der Waals surface area contributed by atoms with Crippen LogP contribution in [0.25, 0.3) is 5.69 Å². The third-order valence-corrected chi connectivity index (χ3v) is 2.80. The van der Waals surface area contributed by atoms with Crippen molar-refractivity contribution < 1.29 is 18.0 Å². The molecule has 106 valence electrons. The van der Waals surface area contributed by atoms with E-state index in [0.717, 1.165) is 4.47 Å². The first-order valence-corrected chi connectivity index (χ1v) is 6.18. The summed E-state index contributed by atoms with van der Waals surface area (Å²) in [6, 6.07) is 6.97. The lowest BCUT2D eigenvalue weighted by molar-refractivity contribution is -0.123. The Hall–Kier alpha value is -1.90. The molecule has 0 spiro atoms. The van der Waals surface area contributed by atoms with Crippen LogP contribution >= 0.6 is 15.9 Å². The van der Waals surface area contributed by atoms with E-state index < -0.39 is 18.6 Å². The van der Waals surface area contributed by atoms with Crippen LogP contribution in [0, 0.1) is 0 Å². The lowest BCUT2D eigenvalue weighted by atomic mass is 10.3. The fraction of sp³-hybridized carbons (Fsp3) is 0.182. The first kappa shape index (κ1) is 14.5. The van der Waals surface area contributed by atoms with E-state index >= 15 is 0 Å². The third-order valence-electron chi connectivity index (χ3n) is 2.27. The minimum absolute atomic E-state index is 0.183. The summed E-state index contributed by atoms with van der Waals surface area (Å²) in [6.45, 7) is -1.41. The van der Waals surface area contributed by atoms with Crippen molar-refractivity contribution in [1.82, 2.24) is 20.3 Å². The van der Waals surface area contributed by atoms with Gasteiger partial charge in [0, 0.05) is 4.47 Å². The van der Waals surface area contributed by atoms with Gasteiger partial charge in [0.05, 0.1) is 11.9 Å². The number of rotatable bonds is 3. The molecule has 0 fully saturated rings. The molecular formula is C11H8BrF3N4O. The summed E-state index contributed by atoms with van der Waals surface area (Å²) in [7, 11) is 0. The highest BCUT2D eigenvalue weighted by molar-refractivity contribution is 9.10. The molecule has 2 rings (SSSR count). The summed E-state index contributed by atoms with van der Waals surface area (Å²) < 4.78 is 38.1. The zero-order chi connectivity index (χ0) is 14.8. The Balaban J connectivity index is 2.09. The largest absolute Gasteiger partial charge is 0.405 e. The van der Waals surface area contributed by atoms with Crippen molar-refractivity contribution in [3.05, 3.63) is 40.6 Å². The number of nitrogens with zero attached hydrogens (tertiary/aromatic N) is 3. The van der Waals surface area contributed by atoms with E-state index in [4.69, 9.17) is 0 Å². The number of carbonyl (C=O) groups excluding carboxylic acids is 1. The van der Waals surface area contributed by atoms with E-state index in [1.165, 1.54) is 10.9 Å². The molecule has 5 nitrogen and oxygen atoms in total. The fourth-order valence-electron chi connectivity index (χ4n) is 1.36. The van der Waals surface area contributed by atoms with Crippen molar-refractivity contribution in [3.63, 3.8) is 0 Å². The quantitative estimate of drug-likeness (QED) is 0.925. The molecule has 0 radical (unpaired) electrons. The van der Waals surface area contributed by atoms with Gasteiger partial charge < -0.3 is 5.32 Å². The minimum atomic E-state index is -4.46. The van der Waals surface area contributed by atoms with E-state index in [-0.39, 0.29) is 5.69 Å². The molecule has 2 aromatic rings. The molecule has 0 saturated carbocycles. The zero-order valence-corrected chi connectivity index (χ0v) is 11.4. The van der Waals surface area contributed by atoms with E-state index in [0.29, 0.717) is 5.69 Å². The smallest absolute Gasteiger partial charge is 0.341 e. The van der Waals surface area contributed by atoms with Crippen LogP contribution in [0.5, 0.6) is 0 Å². The molecule has 1 aromatic carbocycles. The maximum absolute atomic E-state index is 12.0. The molecule has 0 aliphatic rings. The van der Waals surface area contributed by atoms with E-state index in [1.807, 2.05) is 0 Å². The Morgan fingerprint density at radius 3 is 2.55 bits per heavy atom. The predicted octanol–water partition coefficient (Wildman–Crippen LogP) is 2.32. The standard InChI is InChI=1S/C11H8BrF3N4O/c12-7-1-3-8(4-2-7)19-5-9(17-18-19)10(20)16-6-11(13,14)15/h1-5H,6H2,(H,16,20). The predicted molar refractivity (Wildman–Crippen MR) is 67.4 cm³/mol. The van der Waals surface area contributed by atoms with Gasteiger partial charge in [0.15, 0.2) is 5.69 Å². The number of hydrogen-bond acceptors (Lipinski definition) is 3. The van der Waals surface area contributed by atoms with E-state index in [9.17, 15) is 18.0 Å². The second-order valence-corrected chi connectivity index (χ2v) is 4.74. The first-order valence-electron chi connectivity index (χ1n) is 5.38. The molecule has 9 heteroatoms. The van der Waals surface area contributed by atoms with Crippen molar-refractivity contribution in [2.75, 3.05) is 6.54 Å². The Morgan fingerprint density at radius 1 is 1.30 bits per heavy atom. The molecule has 1 amide bonds. The Labute approximate surface area is 119 Å². The van der Waals surface area contributed by atoms with Gasteiger partial charge in [0.25, 0.3) is 5.91 Å². The van der Waals surface area contributed by atoms with Crippen LogP contribution in [0.15, 0.2) is 34.9 Å². The summed E-state index contributed by atoms with van der Waals surface area (Å²) in [5.74, 6) is -0.925. The maximum atomic E-state index is 12.0. The van der Waals surface area contributed by atoms with Crippen molar-refractivity contribution in [2.45, 2.75) is 6.18 Å². The molecule has 0 unspecified atom stereocenters. The van der Waals surface area contributed by atoms with Gasteiger partial charge in [-0.15, -0.1) is 5.10 Å². The Kier molecular flexibility index (Phi) is 4.07. The fourth-order valence-corrected chi connectivity index (χ4v) is 1.62. The van der Waals surface area contributed by atoms with Crippen LogP contribution in [0.4, 0.5) is 13.2 Å². The van der Waals surface area contributed by atoms with Crippen molar-refractivity contribution in [3.8, 4) is 5.69 Å². The highest BCUT2D eigenvalue weighted by Crippen LogP contribution is 2.14. The molecular weight excluding hydrogens is 341 g/mol. The van der Waals surface area contributed by atoms with Crippen LogP contribution in [-0.4, -0.2) is 33.6 Å². The summed E-state index contributed by atoms with van der Waals surface area (Å²) in [6.07, 6.45) is -3.20. The molecule has 20 heavy (non-hydrogen) atoms. The number of benzene rings is 1. The Bertz CT molecular complexity index is 609. The maximum Gasteiger partial charge on any atom is 0.405 e. The number of nitrogens with one attached hydrogen (secondary N) is 1. The number of amides is 1. The van der Waals surface area contributed by atoms with Gasteiger partial charge in [-0.2, -0.15) is 13.2 Å². The number of carbonyl (C=O) groups is 1. The number of alkyl halides is 3. The molecule has 0 aliphatic carbocycles. The van der Waals surface area contributed by atoms with Crippen molar-refractivity contribution in [1.29, 1.82) is 0 Å².